The maximum atomic E-state index is 12.6. The lowest BCUT2D eigenvalue weighted by molar-refractivity contribution is -0.115. The summed E-state index contributed by atoms with van der Waals surface area (Å²) < 4.78 is 5.34. The number of anilines is 1. The quantitative estimate of drug-likeness (QED) is 0.505. The molecular weight excluding hydrogens is 400 g/mol. The number of aryl methyl sites for hydroxylation is 1. The Kier molecular flexibility index (Phi) is 4.56. The molecule has 1 N–H and O–H groups in total. The summed E-state index contributed by atoms with van der Waals surface area (Å²) in [5.41, 5.74) is 5.17. The number of benzene rings is 2. The van der Waals surface area contributed by atoms with Crippen LogP contribution in [-0.4, -0.2) is 21.8 Å². The minimum atomic E-state index is -0.195. The molecule has 0 aliphatic carbocycles. The number of rotatable bonds is 4. The van der Waals surface area contributed by atoms with Gasteiger partial charge in [0.1, 0.15) is 5.52 Å². The molecule has 30 heavy (non-hydrogen) atoms. The Hall–Kier alpha value is -3.51. The number of carbonyl (C=O) groups is 1. The molecule has 2 aromatic carbocycles. The molecule has 0 fully saturated rings. The summed E-state index contributed by atoms with van der Waals surface area (Å²) in [6, 6.07) is 15.0. The normalized spacial score (nSPS) is 12.7. The molecule has 0 bridgehead atoms. The van der Waals surface area contributed by atoms with Gasteiger partial charge in [-0.3, -0.25) is 4.79 Å². The average molecular weight is 417 g/mol. The van der Waals surface area contributed by atoms with Crippen LogP contribution in [0, 0.1) is 6.92 Å². The molecule has 0 radical (unpaired) electrons. The Bertz CT molecular complexity index is 1330. The molecule has 0 atom stereocenters. The highest BCUT2D eigenvalue weighted by Gasteiger charge is 2.20. The highest BCUT2D eigenvalue weighted by atomic mass is 35.5. The van der Waals surface area contributed by atoms with E-state index in [9.17, 15) is 4.79 Å². The predicted octanol–water partition coefficient (Wildman–Crippen LogP) is 5.04. The van der Waals surface area contributed by atoms with Crippen molar-refractivity contribution in [2.75, 3.05) is 5.32 Å². The van der Waals surface area contributed by atoms with Crippen molar-refractivity contribution in [3.8, 4) is 0 Å². The van der Waals surface area contributed by atoms with Crippen LogP contribution in [0.1, 0.15) is 22.5 Å². The van der Waals surface area contributed by atoms with Gasteiger partial charge in [-0.2, -0.15) is 0 Å². The average Bonchev–Trinajstić information content (AvgIpc) is 3.33. The van der Waals surface area contributed by atoms with E-state index in [0.717, 1.165) is 39.1 Å². The van der Waals surface area contributed by atoms with Gasteiger partial charge in [0, 0.05) is 39.8 Å². The van der Waals surface area contributed by atoms with Crippen LogP contribution < -0.4 is 5.32 Å². The number of aliphatic imine (C=N–C) groups is 1. The van der Waals surface area contributed by atoms with Crippen LogP contribution in [0.3, 0.4) is 0 Å². The van der Waals surface area contributed by atoms with Crippen LogP contribution in [0.25, 0.3) is 10.9 Å². The van der Waals surface area contributed by atoms with Gasteiger partial charge in [-0.1, -0.05) is 35.0 Å². The molecular formula is C23H17ClN4O2. The lowest BCUT2D eigenvalue weighted by atomic mass is 10.0. The zero-order chi connectivity index (χ0) is 20.7. The van der Waals surface area contributed by atoms with Crippen molar-refractivity contribution in [3.05, 3.63) is 82.2 Å². The number of hydrogen-bond donors (Lipinski definition) is 1. The lowest BCUT2D eigenvalue weighted by Crippen LogP contribution is -2.14. The van der Waals surface area contributed by atoms with E-state index in [0.29, 0.717) is 22.9 Å². The number of nitrogens with zero attached hydrogens (tertiary/aromatic N) is 3. The van der Waals surface area contributed by atoms with E-state index in [1.807, 2.05) is 37.3 Å². The van der Waals surface area contributed by atoms with Crippen molar-refractivity contribution in [2.24, 2.45) is 4.99 Å². The van der Waals surface area contributed by atoms with Gasteiger partial charge >= 0.3 is 0 Å². The molecule has 6 nitrogen and oxygen atoms in total. The molecule has 0 saturated carbocycles. The zero-order valence-corrected chi connectivity index (χ0v) is 16.9. The van der Waals surface area contributed by atoms with Crippen molar-refractivity contribution in [1.82, 2.24) is 10.1 Å². The standard InChI is InChI=1S/C23H17ClN4O2/c1-13-8-14-9-20(27-23(14)25-12-13)17-10-15(6-7-18(17)24)26-22(29)11-21-16-4-2-3-5-19(16)28-30-21/h2-8,10,12H,9,11H2,1H3,(H,26,29). The number of amides is 1. The van der Waals surface area contributed by atoms with E-state index in [1.165, 1.54) is 0 Å². The first-order valence-electron chi connectivity index (χ1n) is 9.53. The summed E-state index contributed by atoms with van der Waals surface area (Å²) in [5, 5.41) is 8.32. The van der Waals surface area contributed by atoms with Crippen LogP contribution in [-0.2, 0) is 17.6 Å². The summed E-state index contributed by atoms with van der Waals surface area (Å²) in [7, 11) is 0. The van der Waals surface area contributed by atoms with Gasteiger partial charge < -0.3 is 9.84 Å². The molecule has 1 amide bonds. The monoisotopic (exact) mass is 416 g/mol. The van der Waals surface area contributed by atoms with Crippen molar-refractivity contribution in [3.63, 3.8) is 0 Å². The maximum absolute atomic E-state index is 12.6. The molecule has 3 heterocycles. The second-order valence-electron chi connectivity index (χ2n) is 7.27. The zero-order valence-electron chi connectivity index (χ0n) is 16.1. The minimum Gasteiger partial charge on any atom is -0.360 e. The largest absolute Gasteiger partial charge is 0.360 e. The lowest BCUT2D eigenvalue weighted by Gasteiger charge is -2.09. The molecule has 4 aromatic rings. The first-order valence-corrected chi connectivity index (χ1v) is 9.91. The topological polar surface area (TPSA) is 80.4 Å². The molecule has 2 aromatic heterocycles. The first kappa shape index (κ1) is 18.5. The molecule has 7 heteroatoms. The SMILES string of the molecule is Cc1cnc2c(c1)CC(c1cc(NC(=O)Cc3onc4ccccc34)ccc1Cl)=N2. The van der Waals surface area contributed by atoms with E-state index in [2.05, 4.69) is 26.5 Å². The summed E-state index contributed by atoms with van der Waals surface area (Å²) >= 11 is 6.43. The Morgan fingerprint density at radius 2 is 2.07 bits per heavy atom. The van der Waals surface area contributed by atoms with Gasteiger partial charge in [0.05, 0.1) is 12.1 Å². The molecule has 0 spiro atoms. The third-order valence-electron chi connectivity index (χ3n) is 5.02. The van der Waals surface area contributed by atoms with E-state index in [4.69, 9.17) is 16.1 Å². The summed E-state index contributed by atoms with van der Waals surface area (Å²) in [6.45, 7) is 2.01. The number of nitrogens with one attached hydrogen (secondary N) is 1. The maximum Gasteiger partial charge on any atom is 0.232 e. The van der Waals surface area contributed by atoms with E-state index >= 15 is 0 Å². The molecule has 0 saturated heterocycles. The van der Waals surface area contributed by atoms with Crippen molar-refractivity contribution >= 4 is 45.6 Å². The van der Waals surface area contributed by atoms with E-state index in [-0.39, 0.29) is 12.3 Å². The van der Waals surface area contributed by atoms with Gasteiger partial charge in [0.15, 0.2) is 11.6 Å². The van der Waals surface area contributed by atoms with Gasteiger partial charge in [-0.05, 0) is 42.8 Å². The Balaban J connectivity index is 1.36. The Morgan fingerprint density at radius 1 is 1.20 bits per heavy atom. The molecule has 0 unspecified atom stereocenters. The molecule has 148 valence electrons. The van der Waals surface area contributed by atoms with Crippen LogP contribution in [0.15, 0.2) is 64.2 Å². The number of aromatic nitrogens is 2. The van der Waals surface area contributed by atoms with Crippen molar-refractivity contribution in [1.29, 1.82) is 0 Å². The summed E-state index contributed by atoms with van der Waals surface area (Å²) in [5.74, 6) is 1.06. The van der Waals surface area contributed by atoms with Gasteiger partial charge in [-0.15, -0.1) is 0 Å². The smallest absolute Gasteiger partial charge is 0.232 e. The highest BCUT2D eigenvalue weighted by Crippen LogP contribution is 2.31. The second-order valence-corrected chi connectivity index (χ2v) is 7.68. The Morgan fingerprint density at radius 3 is 2.97 bits per heavy atom. The summed E-state index contributed by atoms with van der Waals surface area (Å²) in [4.78, 5) is 21.6. The first-order chi connectivity index (χ1) is 14.6. The van der Waals surface area contributed by atoms with Gasteiger partial charge in [-0.25, -0.2) is 9.98 Å². The van der Waals surface area contributed by atoms with Crippen LogP contribution in [0.4, 0.5) is 11.5 Å². The van der Waals surface area contributed by atoms with Crippen molar-refractivity contribution in [2.45, 2.75) is 19.8 Å². The van der Waals surface area contributed by atoms with Gasteiger partial charge in [0.2, 0.25) is 5.91 Å². The third kappa shape index (κ3) is 3.46. The highest BCUT2D eigenvalue weighted by molar-refractivity contribution is 6.34. The predicted molar refractivity (Wildman–Crippen MR) is 117 cm³/mol. The molecule has 1 aliphatic heterocycles. The number of halogens is 1. The van der Waals surface area contributed by atoms with E-state index in [1.54, 1.807) is 18.3 Å². The third-order valence-corrected chi connectivity index (χ3v) is 5.35. The van der Waals surface area contributed by atoms with E-state index < -0.39 is 0 Å². The number of carbonyl (C=O) groups excluding carboxylic acids is 1. The minimum absolute atomic E-state index is 0.0913. The second kappa shape index (κ2) is 7.39. The van der Waals surface area contributed by atoms with Gasteiger partial charge in [0.25, 0.3) is 0 Å². The number of fused-ring (bicyclic) bond motifs is 2. The fraction of sp³-hybridized carbons (Fsp3) is 0.130. The fourth-order valence-corrected chi connectivity index (χ4v) is 3.83. The van der Waals surface area contributed by atoms with Crippen LogP contribution >= 0.6 is 11.6 Å². The Labute approximate surface area is 177 Å². The van der Waals surface area contributed by atoms with Crippen LogP contribution in [0.5, 0.6) is 0 Å². The molecule has 5 rings (SSSR count). The number of pyridine rings is 1. The van der Waals surface area contributed by atoms with Crippen molar-refractivity contribution < 1.29 is 9.32 Å². The fourth-order valence-electron chi connectivity index (χ4n) is 3.60. The number of hydrogen-bond acceptors (Lipinski definition) is 5. The summed E-state index contributed by atoms with van der Waals surface area (Å²) in [6.07, 6.45) is 2.55. The molecule has 1 aliphatic rings. The van der Waals surface area contributed by atoms with Crippen LogP contribution in [0.2, 0.25) is 5.02 Å².